The van der Waals surface area contributed by atoms with Gasteiger partial charge < -0.3 is 14.8 Å². The summed E-state index contributed by atoms with van der Waals surface area (Å²) in [5, 5.41) is 13.7. The molecule has 11 nitrogen and oxygen atoms in total. The minimum atomic E-state index is -1.19. The molecule has 12 heteroatoms. The van der Waals surface area contributed by atoms with E-state index in [0.29, 0.717) is 11.3 Å². The largest absolute Gasteiger partial charge is 0.490 e. The highest BCUT2D eigenvalue weighted by Gasteiger charge is 2.43. The van der Waals surface area contributed by atoms with Gasteiger partial charge in [0, 0.05) is 17.8 Å². The summed E-state index contributed by atoms with van der Waals surface area (Å²) in [5.74, 6) is -2.35. The van der Waals surface area contributed by atoms with Crippen molar-refractivity contribution in [3.05, 3.63) is 63.2 Å². The smallest absolute Gasteiger partial charge is 0.329 e. The Balaban J connectivity index is 1.71. The van der Waals surface area contributed by atoms with Crippen molar-refractivity contribution < 1.29 is 33.6 Å². The average molecular weight is 502 g/mol. The molecule has 0 aliphatic carbocycles. The Morgan fingerprint density at radius 1 is 1.17 bits per heavy atom. The maximum Gasteiger partial charge on any atom is 0.329 e. The first-order valence-electron chi connectivity index (χ1n) is 10.4. The van der Waals surface area contributed by atoms with Gasteiger partial charge in [-0.1, -0.05) is 12.1 Å². The van der Waals surface area contributed by atoms with Crippen molar-refractivity contribution in [2.45, 2.75) is 19.4 Å². The van der Waals surface area contributed by atoms with Gasteiger partial charge >= 0.3 is 11.7 Å². The maximum atomic E-state index is 12.9. The highest BCUT2D eigenvalue weighted by molar-refractivity contribution is 7.98. The van der Waals surface area contributed by atoms with Crippen LogP contribution in [0, 0.1) is 17.0 Å². The van der Waals surface area contributed by atoms with Crippen LogP contribution in [-0.2, 0) is 14.3 Å². The lowest BCUT2D eigenvalue weighted by atomic mass is 10.1. The van der Waals surface area contributed by atoms with Crippen molar-refractivity contribution in [2.75, 3.05) is 31.0 Å². The van der Waals surface area contributed by atoms with Crippen LogP contribution >= 0.6 is 11.8 Å². The second-order valence-electron chi connectivity index (χ2n) is 7.58. The Labute approximate surface area is 204 Å². The quantitative estimate of drug-likeness (QED) is 0.225. The molecule has 2 aromatic rings. The molecule has 184 valence electrons. The van der Waals surface area contributed by atoms with Crippen molar-refractivity contribution in [3.8, 4) is 5.75 Å². The van der Waals surface area contributed by atoms with Crippen molar-refractivity contribution in [1.82, 2.24) is 4.90 Å². The molecule has 1 aliphatic heterocycles. The fraction of sp³-hybridized carbons (Fsp3) is 0.304. The number of carbonyl (C=O) groups is 4. The number of ether oxygens (including phenoxy) is 2. The zero-order chi connectivity index (χ0) is 25.7. The first-order valence-corrected chi connectivity index (χ1v) is 11.8. The molecule has 1 atom stereocenters. The lowest BCUT2D eigenvalue weighted by molar-refractivity contribution is -0.385. The fourth-order valence-electron chi connectivity index (χ4n) is 3.61. The summed E-state index contributed by atoms with van der Waals surface area (Å²) >= 11 is 1.43. The van der Waals surface area contributed by atoms with Gasteiger partial charge in [0.05, 0.1) is 23.2 Å². The molecule has 0 saturated carbocycles. The zero-order valence-electron chi connectivity index (χ0n) is 19.2. The number of carbonyl (C=O) groups excluding carboxylic acids is 4. The number of imide groups is 1. The molecule has 0 bridgehead atoms. The molecule has 0 radical (unpaired) electrons. The summed E-state index contributed by atoms with van der Waals surface area (Å²) in [5.41, 5.74) is 0.806. The summed E-state index contributed by atoms with van der Waals surface area (Å²) in [7, 11) is 1.26. The van der Waals surface area contributed by atoms with Crippen LogP contribution in [0.1, 0.15) is 32.7 Å². The Hall–Kier alpha value is -3.93. The Bertz CT molecular complexity index is 1160. The van der Waals surface area contributed by atoms with E-state index in [-0.39, 0.29) is 34.7 Å². The van der Waals surface area contributed by atoms with E-state index in [1.54, 1.807) is 19.1 Å². The predicted molar refractivity (Wildman–Crippen MR) is 128 cm³/mol. The van der Waals surface area contributed by atoms with Crippen molar-refractivity contribution in [2.24, 2.45) is 0 Å². The third-order valence-corrected chi connectivity index (χ3v) is 5.99. The lowest BCUT2D eigenvalue weighted by Gasteiger charge is -2.24. The number of thioether (sulfide) groups is 1. The molecular formula is C23H23N3O8S. The molecule has 1 aliphatic rings. The van der Waals surface area contributed by atoms with E-state index in [9.17, 15) is 29.3 Å². The average Bonchev–Trinajstić information content (AvgIpc) is 3.09. The Morgan fingerprint density at radius 2 is 1.80 bits per heavy atom. The van der Waals surface area contributed by atoms with Gasteiger partial charge in [0.25, 0.3) is 17.7 Å². The number of amides is 3. The van der Waals surface area contributed by atoms with Crippen LogP contribution in [0.15, 0.2) is 36.4 Å². The highest BCUT2D eigenvalue weighted by Crippen LogP contribution is 2.33. The van der Waals surface area contributed by atoms with Gasteiger partial charge in [-0.15, -0.1) is 0 Å². The van der Waals surface area contributed by atoms with E-state index < -0.39 is 41.3 Å². The monoisotopic (exact) mass is 501 g/mol. The van der Waals surface area contributed by atoms with Crippen LogP contribution in [0.3, 0.4) is 0 Å². The molecule has 3 rings (SSSR count). The van der Waals surface area contributed by atoms with E-state index >= 15 is 0 Å². The number of esters is 1. The number of nitrogens with zero attached hydrogens (tertiary/aromatic N) is 2. The van der Waals surface area contributed by atoms with Gasteiger partial charge in [-0.25, -0.2) is 4.79 Å². The molecule has 1 unspecified atom stereocenters. The SMILES string of the molecule is COc1cc(NC(=O)COC(=O)C(CCSC)N2C(=O)c3ccccc3C2=O)c(C)cc1[N+](=O)[O-]. The van der Waals surface area contributed by atoms with E-state index in [1.165, 1.54) is 43.1 Å². The third-order valence-electron chi connectivity index (χ3n) is 5.35. The number of methoxy groups -OCH3 is 1. The second kappa shape index (κ2) is 11.0. The Morgan fingerprint density at radius 3 is 2.34 bits per heavy atom. The van der Waals surface area contributed by atoms with Crippen LogP contribution < -0.4 is 10.1 Å². The first-order chi connectivity index (χ1) is 16.7. The molecule has 0 fully saturated rings. The molecule has 35 heavy (non-hydrogen) atoms. The first kappa shape index (κ1) is 25.7. The standard InChI is InChI=1S/C23H23N3O8S/c1-13-10-18(26(31)32)19(33-2)11-16(13)24-20(27)12-34-23(30)17(8-9-35-3)25-21(28)14-6-4-5-7-15(14)22(25)29/h4-7,10-11,17H,8-9,12H2,1-3H3,(H,24,27). The van der Waals surface area contributed by atoms with Crippen LogP contribution in [0.25, 0.3) is 0 Å². The maximum absolute atomic E-state index is 12.9. The molecule has 2 aromatic carbocycles. The van der Waals surface area contributed by atoms with Crippen molar-refractivity contribution >= 4 is 46.8 Å². The number of nitro groups is 1. The molecule has 1 N–H and O–H groups in total. The predicted octanol–water partition coefficient (Wildman–Crippen LogP) is 2.81. The summed E-state index contributed by atoms with van der Waals surface area (Å²) < 4.78 is 10.2. The summed E-state index contributed by atoms with van der Waals surface area (Å²) in [6.07, 6.45) is 1.98. The van der Waals surface area contributed by atoms with Gasteiger partial charge in [0.2, 0.25) is 0 Å². The van der Waals surface area contributed by atoms with Gasteiger partial charge in [0.1, 0.15) is 6.04 Å². The van der Waals surface area contributed by atoms with Gasteiger partial charge in [0.15, 0.2) is 12.4 Å². The molecule has 3 amide bonds. The van der Waals surface area contributed by atoms with Crippen molar-refractivity contribution in [1.29, 1.82) is 0 Å². The Kier molecular flexibility index (Phi) is 8.07. The third kappa shape index (κ3) is 5.43. The molecule has 0 spiro atoms. The summed E-state index contributed by atoms with van der Waals surface area (Å²) in [4.78, 5) is 62.4. The molecule has 1 heterocycles. The van der Waals surface area contributed by atoms with Crippen LogP contribution in [0.5, 0.6) is 5.75 Å². The number of hydrogen-bond donors (Lipinski definition) is 1. The van der Waals surface area contributed by atoms with Crippen LogP contribution in [0.2, 0.25) is 0 Å². The molecular weight excluding hydrogens is 478 g/mol. The fourth-order valence-corrected chi connectivity index (χ4v) is 4.06. The number of fused-ring (bicyclic) bond motifs is 1. The molecule has 0 aromatic heterocycles. The lowest BCUT2D eigenvalue weighted by Crippen LogP contribution is -2.46. The number of aryl methyl sites for hydroxylation is 1. The summed E-state index contributed by atoms with van der Waals surface area (Å²) in [6.45, 7) is 0.880. The topological polar surface area (TPSA) is 145 Å². The number of nitrogens with one attached hydrogen (secondary N) is 1. The van der Waals surface area contributed by atoms with Gasteiger partial charge in [-0.05, 0) is 43.0 Å². The van der Waals surface area contributed by atoms with E-state index in [4.69, 9.17) is 9.47 Å². The number of benzene rings is 2. The number of rotatable bonds is 10. The van der Waals surface area contributed by atoms with Gasteiger partial charge in [-0.2, -0.15) is 11.8 Å². The number of anilines is 1. The highest BCUT2D eigenvalue weighted by atomic mass is 32.2. The van der Waals surface area contributed by atoms with E-state index in [2.05, 4.69) is 5.32 Å². The van der Waals surface area contributed by atoms with E-state index in [0.717, 1.165) is 4.90 Å². The second-order valence-corrected chi connectivity index (χ2v) is 8.56. The number of hydrogen-bond acceptors (Lipinski definition) is 9. The van der Waals surface area contributed by atoms with Crippen LogP contribution in [0.4, 0.5) is 11.4 Å². The minimum absolute atomic E-state index is 0.0457. The van der Waals surface area contributed by atoms with E-state index in [1.807, 2.05) is 6.26 Å². The minimum Gasteiger partial charge on any atom is -0.490 e. The molecule has 0 saturated heterocycles. The van der Waals surface area contributed by atoms with Gasteiger partial charge in [-0.3, -0.25) is 29.4 Å². The number of nitro benzene ring substituents is 1. The normalized spacial score (nSPS) is 13.3. The van der Waals surface area contributed by atoms with Crippen LogP contribution in [-0.4, -0.2) is 65.3 Å². The summed E-state index contributed by atoms with van der Waals surface area (Å²) in [6, 6.07) is 7.64. The zero-order valence-corrected chi connectivity index (χ0v) is 20.0. The van der Waals surface area contributed by atoms with Crippen molar-refractivity contribution in [3.63, 3.8) is 0 Å².